The van der Waals surface area contributed by atoms with Crippen LogP contribution in [0.4, 0.5) is 0 Å². The van der Waals surface area contributed by atoms with Gasteiger partial charge in [-0.3, -0.25) is 5.14 Å². The van der Waals surface area contributed by atoms with Crippen LogP contribution in [-0.4, -0.2) is 42.9 Å². The van der Waals surface area contributed by atoms with E-state index in [2.05, 4.69) is 34.7 Å². The van der Waals surface area contributed by atoms with Gasteiger partial charge in [0, 0.05) is 20.3 Å². The Labute approximate surface area is 172 Å². The van der Waals surface area contributed by atoms with E-state index in [-0.39, 0.29) is 17.6 Å². The maximum absolute atomic E-state index is 9.04. The number of carbonyl (C=O) groups excluding carboxylic acids is 1. The van der Waals surface area contributed by atoms with Crippen LogP contribution in [0.3, 0.4) is 0 Å². The lowest BCUT2D eigenvalue weighted by molar-refractivity contribution is -0.105. The van der Waals surface area contributed by atoms with Crippen LogP contribution in [0.2, 0.25) is 0 Å². The Bertz CT molecular complexity index is 477. The molecular weight excluding hydrogens is 436 g/mol. The number of thioether (sulfide) groups is 1. The summed E-state index contributed by atoms with van der Waals surface area (Å²) in [5.41, 5.74) is 4.86. The summed E-state index contributed by atoms with van der Waals surface area (Å²) in [6.45, 7) is 0. The van der Waals surface area contributed by atoms with E-state index in [4.69, 9.17) is 47.6 Å². The third-order valence-corrected chi connectivity index (χ3v) is 4.27. The first-order valence-corrected chi connectivity index (χ1v) is 9.77. The number of thiocarbonyl (C=S) groups is 2. The number of aldehydes is 1. The molecule has 0 aromatic carbocycles. The van der Waals surface area contributed by atoms with Gasteiger partial charge in [-0.2, -0.15) is 0 Å². The molecule has 1 saturated heterocycles. The van der Waals surface area contributed by atoms with Gasteiger partial charge in [0.25, 0.3) is 0 Å². The van der Waals surface area contributed by atoms with Crippen LogP contribution in [0.15, 0.2) is 11.6 Å². The number of halogens is 1. The van der Waals surface area contributed by atoms with Crippen molar-refractivity contribution in [3.8, 4) is 0 Å². The normalized spacial score (nSPS) is 14.6. The number of hydrogen-bond acceptors (Lipinski definition) is 9. The van der Waals surface area contributed by atoms with Crippen molar-refractivity contribution in [2.75, 3.05) is 11.6 Å². The first kappa shape index (κ1) is 25.5. The predicted octanol–water partition coefficient (Wildman–Crippen LogP) is 2.87. The highest BCUT2D eigenvalue weighted by Gasteiger charge is 2.13. The van der Waals surface area contributed by atoms with Crippen molar-refractivity contribution in [3.63, 3.8) is 0 Å². The minimum absolute atomic E-state index is 0. The quantitative estimate of drug-likeness (QED) is 0.185. The molecule has 2 heterocycles. The van der Waals surface area contributed by atoms with Crippen LogP contribution in [0, 0.1) is 3.95 Å². The highest BCUT2D eigenvalue weighted by molar-refractivity contribution is 8.23. The van der Waals surface area contributed by atoms with Crippen LogP contribution in [0.1, 0.15) is 10.4 Å². The number of H-pyrrole nitrogens is 1. The molecule has 7 N–H and O–H groups in total. The van der Waals surface area contributed by atoms with Gasteiger partial charge >= 0.3 is 0 Å². The summed E-state index contributed by atoms with van der Waals surface area (Å²) in [4.78, 5) is 11.9. The van der Waals surface area contributed by atoms with E-state index in [1.807, 2.05) is 11.6 Å². The summed E-state index contributed by atoms with van der Waals surface area (Å²) in [5, 5.41) is 18.1. The molecule has 1 fully saturated rings. The van der Waals surface area contributed by atoms with Crippen LogP contribution in [-0.2, 0) is 4.79 Å². The number of aliphatic hydroxyl groups excluding tert-OH is 1. The number of carbonyl (C=O) groups is 1. The average molecular weight is 460 g/mol. The van der Waals surface area contributed by atoms with Crippen LogP contribution in [0.5, 0.6) is 0 Å². The summed E-state index contributed by atoms with van der Waals surface area (Å²) < 4.78 is 11.8. The first-order chi connectivity index (χ1) is 11.4. The fourth-order valence-corrected chi connectivity index (χ4v) is 2.19. The van der Waals surface area contributed by atoms with Crippen LogP contribution < -0.4 is 16.2 Å². The number of aromatic amines is 1. The van der Waals surface area contributed by atoms with Crippen molar-refractivity contribution in [3.05, 3.63) is 15.5 Å². The lowest BCUT2D eigenvalue weighted by Crippen LogP contribution is -2.24. The zero-order chi connectivity index (χ0) is 19.4. The Morgan fingerprint density at radius 2 is 2.26 bits per heavy atom. The van der Waals surface area contributed by atoms with Gasteiger partial charge in [0.15, 0.2) is 3.95 Å². The minimum atomic E-state index is -0.405. The predicted molar refractivity (Wildman–Crippen MR) is 118 cm³/mol. The van der Waals surface area contributed by atoms with Gasteiger partial charge in [0.1, 0.15) is 21.2 Å². The number of nitrogens with two attached hydrogens (primary N) is 2. The Balaban J connectivity index is -0.000000115. The second kappa shape index (κ2) is 20.3. The summed E-state index contributed by atoms with van der Waals surface area (Å²) in [7, 11) is 0. The van der Waals surface area contributed by atoms with Crippen LogP contribution in [0.25, 0.3) is 0 Å². The Morgan fingerprint density at radius 3 is 2.35 bits per heavy atom. The fourth-order valence-electron chi connectivity index (χ4n) is 0.606. The number of hydrogen-bond donors (Lipinski definition) is 5. The van der Waals surface area contributed by atoms with E-state index in [1.54, 1.807) is 0 Å². The van der Waals surface area contributed by atoms with Gasteiger partial charge < -0.3 is 25.9 Å². The van der Waals surface area contributed by atoms with E-state index >= 15 is 0 Å². The largest absolute Gasteiger partial charge is 0.384 e. The molecule has 6 nitrogen and oxygen atoms in total. The van der Waals surface area contributed by atoms with E-state index in [1.165, 1.54) is 23.1 Å². The van der Waals surface area contributed by atoms with Crippen molar-refractivity contribution >= 4 is 98.2 Å². The van der Waals surface area contributed by atoms with Crippen molar-refractivity contribution in [2.45, 2.75) is 13.7 Å². The van der Waals surface area contributed by atoms with Gasteiger partial charge in [-0.25, -0.2) is 0 Å². The summed E-state index contributed by atoms with van der Waals surface area (Å²) in [6, 6.07) is 0. The molecule has 1 unspecified atom stereocenters. The van der Waals surface area contributed by atoms with Gasteiger partial charge in [-0.05, 0) is 24.2 Å². The number of rotatable bonds is 1. The van der Waals surface area contributed by atoms with E-state index < -0.39 is 6.23 Å². The number of thiazole rings is 1. The van der Waals surface area contributed by atoms with E-state index in [9.17, 15) is 0 Å². The summed E-state index contributed by atoms with van der Waals surface area (Å²) in [6.07, 6.45) is 2.06. The fraction of sp³-hybridized carbons (Fsp3) is 0.400. The highest BCUT2D eigenvalue weighted by Crippen LogP contribution is 2.10. The van der Waals surface area contributed by atoms with Crippen molar-refractivity contribution in [1.82, 2.24) is 10.3 Å². The Hall–Kier alpha value is 0.210. The maximum Gasteiger partial charge on any atom is 0.158 e. The number of aromatic nitrogens is 1. The molecule has 0 amide bonds. The first-order valence-electron chi connectivity index (χ1n) is 6.26. The standard InChI is InChI=1S/C3H5NOS2.C3H3NS2.C2H3ClO.CH4N2S2.CH4.H2/c5-2-1-7-3(6)4-2;5-3-4-1-2-6-3;3-1-2-4;2-1(4)5-3;;/h2,5H,1H2,(H,4,6);1-2H,(H,4,5);2H,1H2;3H2,(H2,2,4);1H4;1H/i;;;;;1+2D. The molecule has 23 heavy (non-hydrogen) atoms. The molecule has 1 aliphatic heterocycles. The van der Waals surface area contributed by atoms with E-state index in [0.717, 1.165) is 15.9 Å². The Morgan fingerprint density at radius 1 is 1.74 bits per heavy atom. The highest BCUT2D eigenvalue weighted by atomic mass is 35.5. The van der Waals surface area contributed by atoms with Crippen LogP contribution >= 0.6 is 83.3 Å². The van der Waals surface area contributed by atoms with Gasteiger partial charge in [0.2, 0.25) is 0 Å². The molecule has 0 radical (unpaired) electrons. The summed E-state index contributed by atoms with van der Waals surface area (Å²) >= 11 is 22.4. The summed E-state index contributed by atoms with van der Waals surface area (Å²) in [5.74, 6) is 0.804. The molecule has 1 atom stereocenters. The smallest absolute Gasteiger partial charge is 0.158 e. The lowest BCUT2D eigenvalue weighted by Gasteiger charge is -1.95. The topological polar surface area (TPSA) is 117 Å². The maximum atomic E-state index is 9.04. The molecule has 1 aromatic heterocycles. The van der Waals surface area contributed by atoms with Crippen molar-refractivity contribution in [2.24, 2.45) is 10.9 Å². The van der Waals surface area contributed by atoms with Crippen molar-refractivity contribution in [1.29, 1.82) is 0 Å². The second-order valence-corrected chi connectivity index (χ2v) is 7.83. The Kier molecular flexibility index (Phi) is 22.4. The minimum Gasteiger partial charge on any atom is -0.384 e. The van der Waals surface area contributed by atoms with E-state index in [0.29, 0.717) is 16.4 Å². The molecule has 0 spiro atoms. The number of aliphatic hydroxyl groups is 1. The van der Waals surface area contributed by atoms with Gasteiger partial charge in [-0.1, -0.05) is 43.6 Å². The monoisotopic (exact) mass is 459 g/mol. The molecule has 0 saturated carbocycles. The van der Waals surface area contributed by atoms with Gasteiger partial charge in [-0.15, -0.1) is 22.9 Å². The lowest BCUT2D eigenvalue weighted by atomic mass is 10.7. The molecule has 2 rings (SSSR count). The number of nitrogens with one attached hydrogen (secondary N) is 2. The SMILES string of the molecule is C.NSC(N)=S.O=CCCl.OC1CSC(=S)N1.S=c1[nH]ccs1.[2H][3H]. The zero-order valence-corrected chi connectivity index (χ0v) is 16.7. The zero-order valence-electron chi connectivity index (χ0n) is 13.1. The molecule has 13 heteroatoms. The van der Waals surface area contributed by atoms with Crippen molar-refractivity contribution < 1.29 is 12.9 Å². The molecule has 136 valence electrons. The molecular formula is C10H21ClN4O2S6. The van der Waals surface area contributed by atoms with Gasteiger partial charge in [0.05, 0.1) is 5.88 Å². The number of alkyl halides is 1. The third kappa shape index (κ3) is 24.6. The average Bonchev–Trinajstić information content (AvgIpc) is 3.21. The molecule has 1 aromatic rings. The third-order valence-electron chi connectivity index (χ3n) is 1.28. The molecule has 0 bridgehead atoms. The second-order valence-electron chi connectivity index (χ2n) is 2.87. The molecule has 1 aliphatic rings. The molecule has 0 aliphatic carbocycles.